The van der Waals surface area contributed by atoms with Crippen LogP contribution in [-0.4, -0.2) is 42.2 Å². The van der Waals surface area contributed by atoms with E-state index in [-0.39, 0.29) is 0 Å². The summed E-state index contributed by atoms with van der Waals surface area (Å²) in [5.74, 6) is 3.11. The average Bonchev–Trinajstić information content (AvgIpc) is 3.32. The molecule has 0 N–H and O–H groups in total. The Morgan fingerprint density at radius 3 is 2.35 bits per heavy atom. The molecule has 3 heterocycles. The van der Waals surface area contributed by atoms with Crippen molar-refractivity contribution in [3.05, 3.63) is 72.4 Å². The van der Waals surface area contributed by atoms with E-state index in [2.05, 4.69) is 27.0 Å². The maximum Gasteiger partial charge on any atom is 0.163 e. The number of hydrogen-bond acceptors (Lipinski definition) is 6. The van der Waals surface area contributed by atoms with Crippen LogP contribution < -0.4 is 18.9 Å². The quantitative estimate of drug-likeness (QED) is 0.371. The van der Waals surface area contributed by atoms with E-state index in [4.69, 9.17) is 18.9 Å². The predicted molar refractivity (Wildman–Crippen MR) is 129 cm³/mol. The summed E-state index contributed by atoms with van der Waals surface area (Å²) < 4.78 is 24.9. The molecule has 0 amide bonds. The molecule has 0 aliphatic carbocycles. The lowest BCUT2D eigenvalue weighted by Gasteiger charge is -2.22. The van der Waals surface area contributed by atoms with Crippen LogP contribution in [0.2, 0.25) is 0 Å². The summed E-state index contributed by atoms with van der Waals surface area (Å²) in [5.41, 5.74) is 5.65. The van der Waals surface area contributed by atoms with Gasteiger partial charge >= 0.3 is 0 Å². The van der Waals surface area contributed by atoms with Crippen molar-refractivity contribution in [2.24, 2.45) is 0 Å². The first-order valence-corrected chi connectivity index (χ1v) is 11.1. The molecule has 0 spiro atoms. The summed E-state index contributed by atoms with van der Waals surface area (Å²) >= 11 is 0. The lowest BCUT2D eigenvalue weighted by molar-refractivity contribution is 0.172. The third-order valence-corrected chi connectivity index (χ3v) is 6.17. The van der Waals surface area contributed by atoms with E-state index < -0.39 is 0 Å². The number of ether oxygens (including phenoxy) is 4. The number of nitrogens with zero attached hydrogens (tertiary/aromatic N) is 3. The highest BCUT2D eigenvalue weighted by atomic mass is 16.6. The Balaban J connectivity index is 1.58. The smallest absolute Gasteiger partial charge is 0.163 e. The third kappa shape index (κ3) is 3.37. The van der Waals surface area contributed by atoms with Crippen molar-refractivity contribution in [3.8, 4) is 45.5 Å². The first-order chi connectivity index (χ1) is 16.7. The minimum absolute atomic E-state index is 0.527. The summed E-state index contributed by atoms with van der Waals surface area (Å²) in [6, 6.07) is 20.0. The molecule has 0 saturated heterocycles. The van der Waals surface area contributed by atoms with E-state index in [1.165, 1.54) is 0 Å². The maximum atomic E-state index is 5.88. The Labute approximate surface area is 196 Å². The summed E-state index contributed by atoms with van der Waals surface area (Å²) in [6.07, 6.45) is 2.11. The number of fused-ring (bicyclic) bond motifs is 4. The highest BCUT2D eigenvalue weighted by molar-refractivity contribution is 5.99. The average molecular weight is 453 g/mol. The molecule has 0 saturated carbocycles. The molecule has 3 aromatic carbocycles. The van der Waals surface area contributed by atoms with Gasteiger partial charge < -0.3 is 23.5 Å². The molecule has 0 unspecified atom stereocenters. The molecule has 0 bridgehead atoms. The zero-order valence-corrected chi connectivity index (χ0v) is 18.9. The van der Waals surface area contributed by atoms with Crippen molar-refractivity contribution in [1.29, 1.82) is 0 Å². The van der Waals surface area contributed by atoms with Crippen LogP contribution in [0.3, 0.4) is 0 Å². The van der Waals surface area contributed by atoms with E-state index >= 15 is 0 Å². The molecule has 7 heteroatoms. The van der Waals surface area contributed by atoms with Gasteiger partial charge in [0.2, 0.25) is 0 Å². The minimum Gasteiger partial charge on any atom is -0.497 e. The fourth-order valence-electron chi connectivity index (χ4n) is 4.48. The van der Waals surface area contributed by atoms with Crippen LogP contribution in [0, 0.1) is 0 Å². The molecular weight excluding hydrogens is 430 g/mol. The van der Waals surface area contributed by atoms with Crippen molar-refractivity contribution in [1.82, 2.24) is 14.8 Å². The molecule has 0 aromatic heterocycles. The van der Waals surface area contributed by atoms with Crippen molar-refractivity contribution in [2.75, 3.05) is 27.4 Å². The minimum atomic E-state index is 0.527. The van der Waals surface area contributed by atoms with Gasteiger partial charge in [0.05, 0.1) is 26.3 Å². The largest absolute Gasteiger partial charge is 0.497 e. The third-order valence-electron chi connectivity index (χ3n) is 6.17. The molecule has 7 nitrogen and oxygen atoms in total. The van der Waals surface area contributed by atoms with Gasteiger partial charge in [-0.1, -0.05) is 18.2 Å². The van der Waals surface area contributed by atoms with Crippen molar-refractivity contribution in [3.63, 3.8) is 0 Å². The molecule has 0 radical (unpaired) electrons. The summed E-state index contributed by atoms with van der Waals surface area (Å²) in [5, 5.41) is 10.1. The van der Waals surface area contributed by atoms with Gasteiger partial charge in [0.25, 0.3) is 0 Å². The van der Waals surface area contributed by atoms with Crippen LogP contribution in [0.1, 0.15) is 5.56 Å². The number of benzene rings is 3. The standard InChI is InChI=1S/C27H23N3O4/c1-31-19-9-7-17(8-10-19)26-21-16-30(15-18-5-3-4-6-23(18)32-2)22-14-25-24(33-11-12-34-25)13-20(22)27(21)29-28-26/h3-10,13-14,16H,11-12,15H2,1-2H3. The van der Waals surface area contributed by atoms with E-state index in [0.717, 1.165) is 62.0 Å². The van der Waals surface area contributed by atoms with E-state index in [1.807, 2.05) is 54.6 Å². The molecule has 3 aliphatic heterocycles. The highest BCUT2D eigenvalue weighted by Gasteiger charge is 2.23. The molecular formula is C27H23N3O4. The molecule has 3 aliphatic rings. The van der Waals surface area contributed by atoms with Gasteiger partial charge in [-0.3, -0.25) is 0 Å². The number of rotatable bonds is 5. The Kier molecular flexibility index (Phi) is 4.95. The molecule has 3 aromatic rings. The summed E-state index contributed by atoms with van der Waals surface area (Å²) in [6.45, 7) is 1.67. The van der Waals surface area contributed by atoms with Crippen molar-refractivity contribution in [2.45, 2.75) is 6.54 Å². The number of hydrogen-bond donors (Lipinski definition) is 0. The fourth-order valence-corrected chi connectivity index (χ4v) is 4.48. The molecule has 0 atom stereocenters. The van der Waals surface area contributed by atoms with Gasteiger partial charge in [-0.25, -0.2) is 0 Å². The zero-order chi connectivity index (χ0) is 23.1. The number of aromatic nitrogens is 3. The number of methoxy groups -OCH3 is 2. The summed E-state index contributed by atoms with van der Waals surface area (Å²) in [7, 11) is 3.35. The Hall–Kier alpha value is -4.26. The molecule has 34 heavy (non-hydrogen) atoms. The van der Waals surface area contributed by atoms with Crippen LogP contribution in [-0.2, 0) is 6.54 Å². The van der Waals surface area contributed by atoms with Gasteiger partial charge in [0, 0.05) is 34.3 Å². The van der Waals surface area contributed by atoms with Crippen LogP contribution in [0.15, 0.2) is 66.9 Å². The summed E-state index contributed by atoms with van der Waals surface area (Å²) in [4.78, 5) is 0. The first kappa shape index (κ1) is 20.4. The van der Waals surface area contributed by atoms with Gasteiger partial charge in [-0.05, 0) is 36.4 Å². The number of para-hydroxylation sites is 1. The van der Waals surface area contributed by atoms with E-state index in [0.29, 0.717) is 19.8 Å². The zero-order valence-electron chi connectivity index (χ0n) is 18.9. The normalized spacial score (nSPS) is 12.8. The Morgan fingerprint density at radius 1 is 0.853 bits per heavy atom. The second-order valence-corrected chi connectivity index (χ2v) is 8.12. The van der Waals surface area contributed by atoms with Crippen molar-refractivity contribution < 1.29 is 18.9 Å². The van der Waals surface area contributed by atoms with Gasteiger partial charge in [0.1, 0.15) is 36.1 Å². The Morgan fingerprint density at radius 2 is 1.59 bits per heavy atom. The van der Waals surface area contributed by atoms with E-state index in [9.17, 15) is 0 Å². The molecule has 170 valence electrons. The Bertz CT molecular complexity index is 1460. The van der Waals surface area contributed by atoms with E-state index in [1.54, 1.807) is 14.2 Å². The van der Waals surface area contributed by atoms with Crippen LogP contribution in [0.4, 0.5) is 0 Å². The molecule has 6 rings (SSSR count). The van der Waals surface area contributed by atoms with Crippen LogP contribution in [0.25, 0.3) is 33.4 Å². The maximum absolute atomic E-state index is 5.88. The fraction of sp³-hybridized carbons (Fsp3) is 0.185. The monoisotopic (exact) mass is 453 g/mol. The second kappa shape index (κ2) is 8.26. The highest BCUT2D eigenvalue weighted by Crippen LogP contribution is 2.42. The van der Waals surface area contributed by atoms with Crippen LogP contribution >= 0.6 is 0 Å². The topological polar surface area (TPSA) is 67.6 Å². The second-order valence-electron chi connectivity index (χ2n) is 8.12. The molecule has 0 fully saturated rings. The van der Waals surface area contributed by atoms with Gasteiger partial charge in [-0.15, -0.1) is 10.2 Å². The first-order valence-electron chi connectivity index (χ1n) is 11.1. The number of pyridine rings is 1. The predicted octanol–water partition coefficient (Wildman–Crippen LogP) is 5.04. The van der Waals surface area contributed by atoms with Gasteiger partial charge in [-0.2, -0.15) is 0 Å². The van der Waals surface area contributed by atoms with Crippen LogP contribution in [0.5, 0.6) is 23.0 Å². The van der Waals surface area contributed by atoms with Gasteiger partial charge in [0.15, 0.2) is 11.5 Å². The lowest BCUT2D eigenvalue weighted by Crippen LogP contribution is -2.16. The lowest BCUT2D eigenvalue weighted by atomic mass is 10.0. The van der Waals surface area contributed by atoms with Crippen molar-refractivity contribution >= 4 is 10.9 Å². The SMILES string of the molecule is COc1ccc(-c2nnc3c4cc5c(cc4n(Cc4ccccc4OC)cc2-3)OCCO5)cc1.